The Labute approximate surface area is 195 Å². The van der Waals surface area contributed by atoms with Gasteiger partial charge in [0, 0.05) is 50.3 Å². The van der Waals surface area contributed by atoms with Crippen molar-refractivity contribution in [3.63, 3.8) is 0 Å². The standard InChI is InChI=1S/C24H24N6O2S/c1-17(23(32)29-14-12-28(13-15-29)21-6-2-3-9-25-21)26-22(31)18-7-8-19-20(16-18)33-24(27-19)30-10-4-5-11-30/h2-11,16-17H,12-15H2,1H3,(H,26,31). The van der Waals surface area contributed by atoms with E-state index in [1.54, 1.807) is 24.1 Å². The lowest BCUT2D eigenvalue weighted by molar-refractivity contribution is -0.133. The van der Waals surface area contributed by atoms with Crippen molar-refractivity contribution in [2.45, 2.75) is 13.0 Å². The van der Waals surface area contributed by atoms with Gasteiger partial charge in [-0.1, -0.05) is 17.4 Å². The third-order valence-electron chi connectivity index (χ3n) is 5.75. The van der Waals surface area contributed by atoms with E-state index in [-0.39, 0.29) is 11.8 Å². The number of piperazine rings is 1. The highest BCUT2D eigenvalue weighted by Gasteiger charge is 2.26. The van der Waals surface area contributed by atoms with Crippen LogP contribution in [0.2, 0.25) is 0 Å². The molecule has 1 saturated heterocycles. The topological polar surface area (TPSA) is 83.4 Å². The van der Waals surface area contributed by atoms with Crippen molar-refractivity contribution in [2.75, 3.05) is 31.1 Å². The normalized spacial score (nSPS) is 14.9. The van der Waals surface area contributed by atoms with Crippen LogP contribution in [0.15, 0.2) is 67.1 Å². The summed E-state index contributed by atoms with van der Waals surface area (Å²) in [5.74, 6) is 0.586. The molecule has 0 saturated carbocycles. The van der Waals surface area contributed by atoms with E-state index < -0.39 is 6.04 Å². The maximum atomic E-state index is 12.9. The van der Waals surface area contributed by atoms with Gasteiger partial charge in [0.25, 0.3) is 5.91 Å². The van der Waals surface area contributed by atoms with Crippen LogP contribution in [0.4, 0.5) is 5.82 Å². The van der Waals surface area contributed by atoms with Gasteiger partial charge in [0.2, 0.25) is 5.91 Å². The summed E-state index contributed by atoms with van der Waals surface area (Å²) in [6.45, 7) is 4.38. The third kappa shape index (κ3) is 4.45. The Kier molecular flexibility index (Phi) is 5.78. The molecule has 1 aromatic carbocycles. The molecular formula is C24H24N6O2S. The fourth-order valence-electron chi connectivity index (χ4n) is 3.94. The van der Waals surface area contributed by atoms with Crippen LogP contribution in [0.5, 0.6) is 0 Å². The summed E-state index contributed by atoms with van der Waals surface area (Å²) in [5, 5.41) is 3.71. The fraction of sp³-hybridized carbons (Fsp3) is 0.250. The quantitative estimate of drug-likeness (QED) is 0.495. The average Bonchev–Trinajstić information content (AvgIpc) is 3.53. The number of benzene rings is 1. The highest BCUT2D eigenvalue weighted by atomic mass is 32.1. The first kappa shape index (κ1) is 21.1. The van der Waals surface area contributed by atoms with E-state index in [1.165, 1.54) is 11.3 Å². The number of nitrogens with zero attached hydrogens (tertiary/aromatic N) is 5. The average molecular weight is 461 g/mol. The summed E-state index contributed by atoms with van der Waals surface area (Å²) in [6, 6.07) is 14.5. The number of aromatic nitrogens is 3. The Bertz CT molecular complexity index is 1260. The number of thiazole rings is 1. The van der Waals surface area contributed by atoms with Crippen LogP contribution >= 0.6 is 11.3 Å². The number of fused-ring (bicyclic) bond motifs is 1. The second-order valence-corrected chi connectivity index (χ2v) is 8.97. The van der Waals surface area contributed by atoms with Crippen molar-refractivity contribution in [1.82, 2.24) is 24.8 Å². The number of rotatable bonds is 5. The molecule has 4 heterocycles. The molecule has 0 radical (unpaired) electrons. The Hall–Kier alpha value is -3.72. The number of amides is 2. The van der Waals surface area contributed by atoms with E-state index in [0.29, 0.717) is 18.7 Å². The summed E-state index contributed by atoms with van der Waals surface area (Å²) >= 11 is 1.52. The van der Waals surface area contributed by atoms with Gasteiger partial charge in [-0.25, -0.2) is 9.97 Å². The maximum Gasteiger partial charge on any atom is 0.251 e. The third-order valence-corrected chi connectivity index (χ3v) is 6.78. The van der Waals surface area contributed by atoms with Crippen molar-refractivity contribution in [1.29, 1.82) is 0 Å². The lowest BCUT2D eigenvalue weighted by atomic mass is 10.1. The van der Waals surface area contributed by atoms with Crippen LogP contribution in [-0.2, 0) is 4.79 Å². The molecule has 1 atom stereocenters. The summed E-state index contributed by atoms with van der Waals surface area (Å²) in [4.78, 5) is 38.7. The zero-order valence-corrected chi connectivity index (χ0v) is 19.0. The van der Waals surface area contributed by atoms with Crippen molar-refractivity contribution in [3.8, 4) is 5.13 Å². The zero-order valence-electron chi connectivity index (χ0n) is 18.2. The number of hydrogen-bond donors (Lipinski definition) is 1. The lowest BCUT2D eigenvalue weighted by Crippen LogP contribution is -2.54. The van der Waals surface area contributed by atoms with Crippen LogP contribution in [0.1, 0.15) is 17.3 Å². The molecule has 1 unspecified atom stereocenters. The lowest BCUT2D eigenvalue weighted by Gasteiger charge is -2.36. The second kappa shape index (κ2) is 9.03. The minimum atomic E-state index is -0.605. The van der Waals surface area contributed by atoms with Crippen molar-refractivity contribution >= 4 is 39.2 Å². The van der Waals surface area contributed by atoms with Crippen LogP contribution < -0.4 is 10.2 Å². The SMILES string of the molecule is CC(NC(=O)c1ccc2nc(-n3cccc3)sc2c1)C(=O)N1CCN(c2ccccn2)CC1. The van der Waals surface area contributed by atoms with E-state index in [0.717, 1.165) is 34.3 Å². The molecule has 4 aromatic rings. The highest BCUT2D eigenvalue weighted by molar-refractivity contribution is 7.20. The first-order chi connectivity index (χ1) is 16.1. The van der Waals surface area contributed by atoms with Crippen LogP contribution in [-0.4, -0.2) is 63.5 Å². The smallest absolute Gasteiger partial charge is 0.251 e. The van der Waals surface area contributed by atoms with E-state index in [1.807, 2.05) is 59.4 Å². The number of anilines is 1. The summed E-state index contributed by atoms with van der Waals surface area (Å²) in [6.07, 6.45) is 5.65. The van der Waals surface area contributed by atoms with E-state index >= 15 is 0 Å². The molecule has 0 spiro atoms. The number of pyridine rings is 1. The van der Waals surface area contributed by atoms with Crippen molar-refractivity contribution in [2.24, 2.45) is 0 Å². The molecule has 8 nitrogen and oxygen atoms in total. The molecule has 1 aliphatic heterocycles. The van der Waals surface area contributed by atoms with Gasteiger partial charge in [0.1, 0.15) is 11.9 Å². The minimum Gasteiger partial charge on any atom is -0.353 e. The predicted molar refractivity (Wildman–Crippen MR) is 129 cm³/mol. The monoisotopic (exact) mass is 460 g/mol. The molecule has 0 aliphatic carbocycles. The van der Waals surface area contributed by atoms with E-state index in [9.17, 15) is 9.59 Å². The number of carbonyl (C=O) groups excluding carboxylic acids is 2. The molecule has 1 N–H and O–H groups in total. The highest BCUT2D eigenvalue weighted by Crippen LogP contribution is 2.26. The van der Waals surface area contributed by atoms with Crippen molar-refractivity contribution in [3.05, 3.63) is 72.7 Å². The zero-order chi connectivity index (χ0) is 22.8. The molecular weight excluding hydrogens is 436 g/mol. The Morgan fingerprint density at radius 1 is 1.03 bits per heavy atom. The van der Waals surface area contributed by atoms with Gasteiger partial charge in [-0.05, 0) is 49.4 Å². The fourth-order valence-corrected chi connectivity index (χ4v) is 4.91. The van der Waals surface area contributed by atoms with Gasteiger partial charge < -0.3 is 19.7 Å². The Morgan fingerprint density at radius 2 is 1.82 bits per heavy atom. The molecule has 5 rings (SSSR count). The molecule has 1 fully saturated rings. The Balaban J connectivity index is 1.20. The minimum absolute atomic E-state index is 0.0715. The molecule has 3 aromatic heterocycles. The van der Waals surface area contributed by atoms with Crippen molar-refractivity contribution < 1.29 is 9.59 Å². The molecule has 1 aliphatic rings. The number of carbonyl (C=O) groups is 2. The summed E-state index contributed by atoms with van der Waals surface area (Å²) < 4.78 is 2.87. The van der Waals surface area contributed by atoms with E-state index in [4.69, 9.17) is 0 Å². The van der Waals surface area contributed by atoms with Crippen LogP contribution in [0.3, 0.4) is 0 Å². The van der Waals surface area contributed by atoms with Crippen LogP contribution in [0.25, 0.3) is 15.3 Å². The summed E-state index contributed by atoms with van der Waals surface area (Å²) in [7, 11) is 0. The summed E-state index contributed by atoms with van der Waals surface area (Å²) in [5.41, 5.74) is 1.36. The van der Waals surface area contributed by atoms with Gasteiger partial charge in [-0.15, -0.1) is 0 Å². The molecule has 0 bridgehead atoms. The van der Waals surface area contributed by atoms with Gasteiger partial charge >= 0.3 is 0 Å². The molecule has 2 amide bonds. The first-order valence-electron chi connectivity index (χ1n) is 10.9. The van der Waals surface area contributed by atoms with Gasteiger partial charge in [-0.3, -0.25) is 9.59 Å². The van der Waals surface area contributed by atoms with E-state index in [2.05, 4.69) is 20.2 Å². The first-order valence-corrected chi connectivity index (χ1v) is 11.7. The van der Waals surface area contributed by atoms with Gasteiger partial charge in [0.15, 0.2) is 5.13 Å². The molecule has 33 heavy (non-hydrogen) atoms. The Morgan fingerprint density at radius 3 is 2.55 bits per heavy atom. The van der Waals surface area contributed by atoms with Gasteiger partial charge in [-0.2, -0.15) is 0 Å². The van der Waals surface area contributed by atoms with Gasteiger partial charge in [0.05, 0.1) is 10.2 Å². The number of nitrogens with one attached hydrogen (secondary N) is 1. The number of hydrogen-bond acceptors (Lipinski definition) is 6. The molecule has 9 heteroatoms. The predicted octanol–water partition coefficient (Wildman–Crippen LogP) is 2.95. The molecule has 168 valence electrons. The van der Waals surface area contributed by atoms with Crippen LogP contribution in [0, 0.1) is 0 Å². The maximum absolute atomic E-state index is 12.9. The second-order valence-electron chi connectivity index (χ2n) is 7.96. The largest absolute Gasteiger partial charge is 0.353 e.